The molecule has 1 amide bonds. The Kier molecular flexibility index (Phi) is 4.90. The predicted molar refractivity (Wildman–Crippen MR) is 83.3 cm³/mol. The Balaban J connectivity index is 2.56. The van der Waals surface area contributed by atoms with E-state index in [1.54, 1.807) is 6.92 Å². The molecule has 0 aromatic carbocycles. The van der Waals surface area contributed by atoms with Crippen LogP contribution in [0, 0.1) is 6.92 Å². The fraction of sp³-hybridized carbons (Fsp3) is 0.273. The van der Waals surface area contributed by atoms with Crippen molar-refractivity contribution >= 4 is 49.1 Å². The summed E-state index contributed by atoms with van der Waals surface area (Å²) in [7, 11) is -1.56. The van der Waals surface area contributed by atoms with E-state index in [1.165, 1.54) is 25.6 Å². The Morgan fingerprint density at radius 2 is 2.23 bits per heavy atom. The largest absolute Gasteiger partial charge is 0.354 e. The van der Waals surface area contributed by atoms with Crippen LogP contribution in [-0.4, -0.2) is 33.6 Å². The van der Waals surface area contributed by atoms with Gasteiger partial charge in [-0.25, -0.2) is 0 Å². The van der Waals surface area contributed by atoms with E-state index in [1.807, 2.05) is 0 Å². The van der Waals surface area contributed by atoms with Gasteiger partial charge in [0, 0.05) is 7.05 Å². The fourth-order valence-corrected chi connectivity index (χ4v) is 4.61. The molecule has 0 saturated heterocycles. The standard InChI is InChI=1S/C11H12BrN3O5S2/c1-6-8(12)11(20-14-6)15(19-3)22(17,18)7-4-5-21-9(7)10(16)13-2/h4-5H,1-3H3,(H,13,16). The lowest BCUT2D eigenvalue weighted by atomic mass is 10.4. The van der Waals surface area contributed by atoms with Gasteiger partial charge in [-0.05, 0) is 34.3 Å². The maximum absolute atomic E-state index is 12.7. The van der Waals surface area contributed by atoms with Crippen LogP contribution in [0.3, 0.4) is 0 Å². The molecule has 2 aromatic rings. The van der Waals surface area contributed by atoms with Crippen LogP contribution in [0.5, 0.6) is 0 Å². The summed E-state index contributed by atoms with van der Waals surface area (Å²) >= 11 is 4.20. The van der Waals surface area contributed by atoms with Crippen LogP contribution < -0.4 is 9.79 Å². The number of thiophene rings is 1. The summed E-state index contributed by atoms with van der Waals surface area (Å²) in [5.41, 5.74) is 0.462. The van der Waals surface area contributed by atoms with E-state index in [0.29, 0.717) is 14.6 Å². The van der Waals surface area contributed by atoms with Crippen molar-refractivity contribution in [2.45, 2.75) is 11.8 Å². The van der Waals surface area contributed by atoms with Gasteiger partial charge in [0.25, 0.3) is 21.8 Å². The van der Waals surface area contributed by atoms with Gasteiger partial charge in [0.05, 0.1) is 12.8 Å². The molecule has 22 heavy (non-hydrogen) atoms. The number of anilines is 1. The number of aromatic nitrogens is 1. The molecule has 0 spiro atoms. The number of rotatable bonds is 5. The van der Waals surface area contributed by atoms with Gasteiger partial charge in [-0.15, -0.1) is 15.8 Å². The molecule has 0 unspecified atom stereocenters. The molecule has 2 heterocycles. The first-order chi connectivity index (χ1) is 10.3. The zero-order valence-corrected chi connectivity index (χ0v) is 15.0. The monoisotopic (exact) mass is 409 g/mol. The molecule has 0 bridgehead atoms. The van der Waals surface area contributed by atoms with Crippen molar-refractivity contribution in [1.82, 2.24) is 10.5 Å². The van der Waals surface area contributed by atoms with Crippen LogP contribution in [0.25, 0.3) is 0 Å². The minimum atomic E-state index is -4.16. The first kappa shape index (κ1) is 16.9. The molecule has 11 heteroatoms. The summed E-state index contributed by atoms with van der Waals surface area (Å²) in [5.74, 6) is -0.633. The second-order valence-electron chi connectivity index (χ2n) is 3.99. The molecule has 0 radical (unpaired) electrons. The van der Waals surface area contributed by atoms with Crippen molar-refractivity contribution in [3.63, 3.8) is 0 Å². The third-order valence-electron chi connectivity index (χ3n) is 2.66. The number of hydrogen-bond acceptors (Lipinski definition) is 7. The van der Waals surface area contributed by atoms with Gasteiger partial charge in [-0.3, -0.25) is 9.63 Å². The molecular formula is C11H12BrN3O5S2. The van der Waals surface area contributed by atoms with E-state index in [4.69, 9.17) is 9.36 Å². The van der Waals surface area contributed by atoms with Crippen LogP contribution in [0.1, 0.15) is 15.4 Å². The second kappa shape index (κ2) is 6.36. The molecule has 0 fully saturated rings. The van der Waals surface area contributed by atoms with Gasteiger partial charge in [0.2, 0.25) is 0 Å². The molecular weight excluding hydrogens is 398 g/mol. The number of sulfonamides is 1. The first-order valence-corrected chi connectivity index (χ1v) is 8.96. The lowest BCUT2D eigenvalue weighted by Crippen LogP contribution is -2.31. The molecule has 0 aliphatic heterocycles. The highest BCUT2D eigenvalue weighted by molar-refractivity contribution is 9.10. The number of carbonyl (C=O) groups is 1. The first-order valence-electron chi connectivity index (χ1n) is 5.85. The van der Waals surface area contributed by atoms with Crippen molar-refractivity contribution in [2.75, 3.05) is 18.6 Å². The molecule has 0 saturated carbocycles. The smallest absolute Gasteiger partial charge is 0.291 e. The van der Waals surface area contributed by atoms with Crippen LogP contribution in [0.2, 0.25) is 0 Å². The Hall–Kier alpha value is -1.43. The van der Waals surface area contributed by atoms with Gasteiger partial charge in [0.1, 0.15) is 14.2 Å². The fourth-order valence-electron chi connectivity index (χ4n) is 1.62. The third kappa shape index (κ3) is 2.76. The Labute approximate surface area is 139 Å². The Morgan fingerprint density at radius 3 is 2.73 bits per heavy atom. The van der Waals surface area contributed by atoms with Crippen molar-refractivity contribution in [1.29, 1.82) is 0 Å². The van der Waals surface area contributed by atoms with Crippen molar-refractivity contribution in [3.05, 3.63) is 26.5 Å². The summed E-state index contributed by atoms with van der Waals surface area (Å²) in [6.07, 6.45) is 0. The average Bonchev–Trinajstić information content (AvgIpc) is 3.09. The second-order valence-corrected chi connectivity index (χ2v) is 7.43. The number of aryl methyl sites for hydroxylation is 1. The van der Waals surface area contributed by atoms with Crippen LogP contribution in [0.15, 0.2) is 25.3 Å². The van der Waals surface area contributed by atoms with Gasteiger partial charge in [0.15, 0.2) is 0 Å². The van der Waals surface area contributed by atoms with Gasteiger partial charge < -0.3 is 9.84 Å². The Bertz CT molecular complexity index is 799. The highest BCUT2D eigenvalue weighted by atomic mass is 79.9. The van der Waals surface area contributed by atoms with Crippen LogP contribution in [0.4, 0.5) is 5.88 Å². The van der Waals surface area contributed by atoms with E-state index in [9.17, 15) is 13.2 Å². The minimum Gasteiger partial charge on any atom is -0.354 e. The SMILES string of the molecule is CNC(=O)c1sccc1S(=O)(=O)N(OC)c1onc(C)c1Br. The molecule has 0 aliphatic carbocycles. The van der Waals surface area contributed by atoms with Crippen LogP contribution in [-0.2, 0) is 14.9 Å². The minimum absolute atomic E-state index is 0.0527. The average molecular weight is 410 g/mol. The lowest BCUT2D eigenvalue weighted by molar-refractivity contribution is 0.0964. The number of amides is 1. The summed E-state index contributed by atoms with van der Waals surface area (Å²) in [5, 5.41) is 7.57. The number of nitrogens with zero attached hydrogens (tertiary/aromatic N) is 2. The third-order valence-corrected chi connectivity index (χ3v) is 6.27. The highest BCUT2D eigenvalue weighted by Crippen LogP contribution is 2.34. The molecule has 8 nitrogen and oxygen atoms in total. The van der Waals surface area contributed by atoms with Gasteiger partial charge in [-0.1, -0.05) is 5.16 Å². The zero-order valence-electron chi connectivity index (χ0n) is 11.8. The molecule has 1 N–H and O–H groups in total. The van der Waals surface area contributed by atoms with Crippen molar-refractivity contribution in [2.24, 2.45) is 0 Å². The van der Waals surface area contributed by atoms with Crippen molar-refractivity contribution in [3.8, 4) is 0 Å². The summed E-state index contributed by atoms with van der Waals surface area (Å²) in [6, 6.07) is 1.33. The molecule has 0 atom stereocenters. The number of halogens is 1. The van der Waals surface area contributed by atoms with Gasteiger partial charge in [-0.2, -0.15) is 8.42 Å². The maximum Gasteiger partial charge on any atom is 0.291 e. The maximum atomic E-state index is 12.7. The summed E-state index contributed by atoms with van der Waals surface area (Å²) in [4.78, 5) is 16.6. The topological polar surface area (TPSA) is 102 Å². The Morgan fingerprint density at radius 1 is 1.55 bits per heavy atom. The molecule has 2 rings (SSSR count). The molecule has 120 valence electrons. The van der Waals surface area contributed by atoms with E-state index in [-0.39, 0.29) is 15.7 Å². The van der Waals surface area contributed by atoms with E-state index in [0.717, 1.165) is 11.3 Å². The number of hydrogen-bond donors (Lipinski definition) is 1. The zero-order chi connectivity index (χ0) is 16.5. The normalized spacial score (nSPS) is 11.5. The highest BCUT2D eigenvalue weighted by Gasteiger charge is 2.35. The van der Waals surface area contributed by atoms with E-state index >= 15 is 0 Å². The van der Waals surface area contributed by atoms with Crippen LogP contribution >= 0.6 is 27.3 Å². The quantitative estimate of drug-likeness (QED) is 0.756. The molecule has 2 aromatic heterocycles. The van der Waals surface area contributed by atoms with Gasteiger partial charge >= 0.3 is 0 Å². The van der Waals surface area contributed by atoms with E-state index in [2.05, 4.69) is 26.4 Å². The number of nitrogens with one attached hydrogen (secondary N) is 1. The number of carbonyl (C=O) groups excluding carboxylic acids is 1. The summed E-state index contributed by atoms with van der Waals surface area (Å²) in [6.45, 7) is 1.64. The lowest BCUT2D eigenvalue weighted by Gasteiger charge is -2.18. The molecule has 0 aliphatic rings. The van der Waals surface area contributed by atoms with Crippen molar-refractivity contribution < 1.29 is 22.6 Å². The predicted octanol–water partition coefficient (Wildman–Crippen LogP) is 1.92. The van der Waals surface area contributed by atoms with E-state index < -0.39 is 15.9 Å². The summed E-state index contributed by atoms with van der Waals surface area (Å²) < 4.78 is 31.4.